The normalized spacial score (nSPS) is 14.7. The number of likely N-dealkylation sites (tertiary alicyclic amines) is 1. The molecule has 40 heavy (non-hydrogen) atoms. The standard InChI is InChI=1S/C26H34N6O5S3/c33-17-5-3-1-2-4-7-22(34)27-13-16-32-14-11-19(12-15-32)24(35)30-26-28-20-9-10-21(29-25(20)39-26)31-40(36,37)23-8-6-18-38-23/h6,8-10,17-19H,1-5,7,11-16H2,(H,27,34)(H,29,31)(H,28,30,35). The first-order chi connectivity index (χ1) is 19.3. The Bertz CT molecular complexity index is 1380. The molecule has 3 N–H and O–H groups in total. The molecule has 0 saturated carbocycles. The van der Waals surface area contributed by atoms with Gasteiger partial charge < -0.3 is 20.3 Å². The second kappa shape index (κ2) is 14.6. The van der Waals surface area contributed by atoms with Gasteiger partial charge in [0.25, 0.3) is 10.0 Å². The highest BCUT2D eigenvalue weighted by molar-refractivity contribution is 7.94. The number of thiophene rings is 1. The van der Waals surface area contributed by atoms with E-state index in [4.69, 9.17) is 0 Å². The summed E-state index contributed by atoms with van der Waals surface area (Å²) < 4.78 is 27.6. The van der Waals surface area contributed by atoms with Gasteiger partial charge in [0.05, 0.1) is 0 Å². The van der Waals surface area contributed by atoms with Gasteiger partial charge in [-0.15, -0.1) is 11.3 Å². The van der Waals surface area contributed by atoms with Gasteiger partial charge in [0, 0.05) is 31.8 Å². The number of sulfonamides is 1. The summed E-state index contributed by atoms with van der Waals surface area (Å²) in [5.41, 5.74) is 0.578. The third-order valence-corrected chi connectivity index (χ3v) is 10.3. The number of hydrogen-bond donors (Lipinski definition) is 3. The number of nitrogens with one attached hydrogen (secondary N) is 3. The van der Waals surface area contributed by atoms with Crippen LogP contribution in [0.2, 0.25) is 0 Å². The van der Waals surface area contributed by atoms with E-state index in [0.717, 1.165) is 75.8 Å². The quantitative estimate of drug-likeness (QED) is 0.174. The molecule has 11 nitrogen and oxygen atoms in total. The third-order valence-electron chi connectivity index (χ3n) is 6.67. The zero-order valence-electron chi connectivity index (χ0n) is 22.1. The number of carbonyl (C=O) groups excluding carboxylic acids is 3. The van der Waals surface area contributed by atoms with Crippen LogP contribution in [-0.4, -0.2) is 67.6 Å². The Kier molecular flexibility index (Phi) is 11.0. The summed E-state index contributed by atoms with van der Waals surface area (Å²) in [5, 5.41) is 7.99. The molecule has 0 spiro atoms. The van der Waals surface area contributed by atoms with Gasteiger partial charge in [-0.2, -0.15) is 0 Å². The van der Waals surface area contributed by atoms with Gasteiger partial charge in [-0.05, 0) is 62.4 Å². The van der Waals surface area contributed by atoms with E-state index in [1.165, 1.54) is 17.4 Å². The number of thiazole rings is 1. The molecule has 1 fully saturated rings. The number of fused-ring (bicyclic) bond motifs is 1. The topological polar surface area (TPSA) is 150 Å². The SMILES string of the molecule is O=CCCCCCCC(=O)NCCN1CCC(C(=O)Nc2nc3ccc(NS(=O)(=O)c4cccs4)nc3s2)CC1. The molecule has 1 saturated heterocycles. The van der Waals surface area contributed by atoms with E-state index in [0.29, 0.717) is 34.9 Å². The van der Waals surface area contributed by atoms with Crippen molar-refractivity contribution in [1.29, 1.82) is 0 Å². The second-order valence-electron chi connectivity index (χ2n) is 9.65. The summed E-state index contributed by atoms with van der Waals surface area (Å²) in [5.74, 6) is 0.0380. The van der Waals surface area contributed by atoms with Crippen LogP contribution in [0.15, 0.2) is 33.9 Å². The molecule has 0 aromatic carbocycles. The first-order valence-electron chi connectivity index (χ1n) is 13.4. The molecule has 0 radical (unpaired) electrons. The zero-order chi connectivity index (χ0) is 28.4. The molecule has 1 aliphatic rings. The number of piperidine rings is 1. The number of carbonyl (C=O) groups is 3. The van der Waals surface area contributed by atoms with Crippen molar-refractivity contribution in [2.45, 2.75) is 55.6 Å². The highest BCUT2D eigenvalue weighted by Crippen LogP contribution is 2.28. The highest BCUT2D eigenvalue weighted by atomic mass is 32.2. The van der Waals surface area contributed by atoms with Crippen LogP contribution < -0.4 is 15.4 Å². The predicted octanol–water partition coefficient (Wildman–Crippen LogP) is 3.86. The number of hydrogen-bond acceptors (Lipinski definition) is 10. The van der Waals surface area contributed by atoms with Crippen molar-refractivity contribution in [1.82, 2.24) is 20.2 Å². The Morgan fingerprint density at radius 1 is 1.07 bits per heavy atom. The van der Waals surface area contributed by atoms with Gasteiger partial charge in [0.15, 0.2) is 5.13 Å². The molecule has 14 heteroatoms. The summed E-state index contributed by atoms with van der Waals surface area (Å²) >= 11 is 2.32. The Morgan fingerprint density at radius 2 is 1.88 bits per heavy atom. The number of pyridine rings is 1. The van der Waals surface area contributed by atoms with E-state index in [1.807, 2.05) is 0 Å². The fourth-order valence-electron chi connectivity index (χ4n) is 4.47. The molecule has 1 aliphatic heterocycles. The Labute approximate surface area is 241 Å². The van der Waals surface area contributed by atoms with Gasteiger partial charge in [-0.1, -0.05) is 30.2 Å². The minimum Gasteiger partial charge on any atom is -0.355 e. The molecule has 0 aliphatic carbocycles. The molecule has 4 heterocycles. The third kappa shape index (κ3) is 8.78. The lowest BCUT2D eigenvalue weighted by Crippen LogP contribution is -2.41. The summed E-state index contributed by atoms with van der Waals surface area (Å²) in [7, 11) is -3.70. The number of amides is 2. The van der Waals surface area contributed by atoms with Crippen molar-refractivity contribution in [3.8, 4) is 0 Å². The van der Waals surface area contributed by atoms with E-state index < -0.39 is 10.0 Å². The van der Waals surface area contributed by atoms with E-state index >= 15 is 0 Å². The van der Waals surface area contributed by atoms with Crippen molar-refractivity contribution in [3.63, 3.8) is 0 Å². The van der Waals surface area contributed by atoms with E-state index in [9.17, 15) is 22.8 Å². The monoisotopic (exact) mass is 606 g/mol. The van der Waals surface area contributed by atoms with Gasteiger partial charge in [-0.25, -0.2) is 18.4 Å². The van der Waals surface area contributed by atoms with Crippen LogP contribution in [0.3, 0.4) is 0 Å². The maximum Gasteiger partial charge on any atom is 0.272 e. The predicted molar refractivity (Wildman–Crippen MR) is 157 cm³/mol. The van der Waals surface area contributed by atoms with Crippen molar-refractivity contribution in [3.05, 3.63) is 29.6 Å². The minimum atomic E-state index is -3.70. The van der Waals surface area contributed by atoms with Crippen molar-refractivity contribution in [2.24, 2.45) is 5.92 Å². The molecule has 0 atom stereocenters. The molecular formula is C26H34N6O5S3. The number of nitrogens with zero attached hydrogens (tertiary/aromatic N) is 3. The Hall–Kier alpha value is -2.94. The Morgan fingerprint density at radius 3 is 2.62 bits per heavy atom. The fourth-order valence-corrected chi connectivity index (χ4v) is 7.30. The van der Waals surface area contributed by atoms with E-state index in [1.54, 1.807) is 23.6 Å². The lowest BCUT2D eigenvalue weighted by atomic mass is 9.96. The molecule has 3 aromatic rings. The summed E-state index contributed by atoms with van der Waals surface area (Å²) in [6.45, 7) is 2.90. The number of unbranched alkanes of at least 4 members (excludes halogenated alkanes) is 4. The zero-order valence-corrected chi connectivity index (χ0v) is 24.6. The average molecular weight is 607 g/mol. The van der Waals surface area contributed by atoms with Crippen molar-refractivity contribution >= 4 is 72.1 Å². The lowest BCUT2D eigenvalue weighted by molar-refractivity contribution is -0.121. The lowest BCUT2D eigenvalue weighted by Gasteiger charge is -2.31. The number of aldehydes is 1. The van der Waals surface area contributed by atoms with Gasteiger partial charge in [0.2, 0.25) is 11.8 Å². The van der Waals surface area contributed by atoms with Crippen LogP contribution in [0.4, 0.5) is 10.9 Å². The van der Waals surface area contributed by atoms with Crippen LogP contribution in [0, 0.1) is 5.92 Å². The van der Waals surface area contributed by atoms with Gasteiger partial charge >= 0.3 is 0 Å². The van der Waals surface area contributed by atoms with Crippen LogP contribution in [0.5, 0.6) is 0 Å². The molecule has 0 unspecified atom stereocenters. The van der Waals surface area contributed by atoms with Crippen molar-refractivity contribution in [2.75, 3.05) is 36.2 Å². The Balaban J connectivity index is 1.17. The average Bonchev–Trinajstić information content (AvgIpc) is 3.61. The highest BCUT2D eigenvalue weighted by Gasteiger charge is 2.26. The molecular weight excluding hydrogens is 573 g/mol. The maximum atomic E-state index is 12.9. The summed E-state index contributed by atoms with van der Waals surface area (Å²) in [6.07, 6.45) is 7.14. The minimum absolute atomic E-state index is 0.0574. The van der Waals surface area contributed by atoms with Crippen LogP contribution in [-0.2, 0) is 24.4 Å². The van der Waals surface area contributed by atoms with Crippen molar-refractivity contribution < 1.29 is 22.8 Å². The molecule has 2 amide bonds. The largest absolute Gasteiger partial charge is 0.355 e. The van der Waals surface area contributed by atoms with Gasteiger partial charge in [0.1, 0.15) is 26.7 Å². The van der Waals surface area contributed by atoms with E-state index in [2.05, 4.69) is 30.2 Å². The molecule has 4 rings (SSSR count). The molecule has 0 bridgehead atoms. The fraction of sp³-hybridized carbons (Fsp3) is 0.500. The first-order valence-corrected chi connectivity index (χ1v) is 16.6. The van der Waals surface area contributed by atoms with E-state index in [-0.39, 0.29) is 27.8 Å². The summed E-state index contributed by atoms with van der Waals surface area (Å²) in [6, 6.07) is 6.42. The van der Waals surface area contributed by atoms with Gasteiger partial charge in [-0.3, -0.25) is 14.3 Å². The first kappa shape index (κ1) is 30.0. The summed E-state index contributed by atoms with van der Waals surface area (Å²) in [4.78, 5) is 46.8. The smallest absolute Gasteiger partial charge is 0.272 e. The number of rotatable bonds is 15. The molecule has 3 aromatic heterocycles. The maximum absolute atomic E-state index is 12.9. The molecule has 216 valence electrons. The van der Waals surface area contributed by atoms with Crippen LogP contribution in [0.25, 0.3) is 10.3 Å². The van der Waals surface area contributed by atoms with Crippen LogP contribution in [0.1, 0.15) is 51.4 Å². The second-order valence-corrected chi connectivity index (χ2v) is 13.5. The number of aromatic nitrogens is 2. The number of anilines is 2. The van der Waals surface area contributed by atoms with Crippen LogP contribution >= 0.6 is 22.7 Å².